The van der Waals surface area contributed by atoms with Crippen molar-refractivity contribution in [3.63, 3.8) is 0 Å². The van der Waals surface area contributed by atoms with Gasteiger partial charge in [-0.05, 0) is 98.0 Å². The zero-order valence-corrected chi connectivity index (χ0v) is 35.9. The van der Waals surface area contributed by atoms with Crippen molar-refractivity contribution < 1.29 is 4.84 Å². The zero-order chi connectivity index (χ0) is 43.0. The first kappa shape index (κ1) is 37.8. The van der Waals surface area contributed by atoms with Crippen molar-refractivity contribution >= 4 is 83.9 Å². The molecule has 0 fully saturated rings. The van der Waals surface area contributed by atoms with Crippen molar-refractivity contribution in [3.8, 4) is 0 Å². The summed E-state index contributed by atoms with van der Waals surface area (Å²) in [6.45, 7) is 2.73. The van der Waals surface area contributed by atoms with E-state index in [-0.39, 0.29) is 0 Å². The lowest BCUT2D eigenvalue weighted by Crippen LogP contribution is -2.37. The second kappa shape index (κ2) is 15.2. The highest BCUT2D eigenvalue weighted by Crippen LogP contribution is 2.39. The van der Waals surface area contributed by atoms with E-state index in [4.69, 9.17) is 39.8 Å². The molecule has 0 aliphatic carbocycles. The number of hydroxylamine groups is 2. The quantitative estimate of drug-likeness (QED) is 0.142. The first-order valence-corrected chi connectivity index (χ1v) is 22.8. The Morgan fingerprint density at radius 2 is 0.738 bits per heavy atom. The number of fused-ring (bicyclic) bond motifs is 20. The maximum absolute atomic E-state index is 7.01. The Morgan fingerprint density at radius 1 is 0.385 bits per heavy atom. The van der Waals surface area contributed by atoms with E-state index in [0.717, 1.165) is 100 Å². The van der Waals surface area contributed by atoms with Crippen LogP contribution in [0.3, 0.4) is 0 Å². The molecule has 5 aliphatic rings. The van der Waals surface area contributed by atoms with Crippen molar-refractivity contribution in [3.05, 3.63) is 190 Å². The van der Waals surface area contributed by atoms with Gasteiger partial charge in [0.15, 0.2) is 47.0 Å². The lowest BCUT2D eigenvalue weighted by molar-refractivity contribution is -0.0420. The van der Waals surface area contributed by atoms with Crippen molar-refractivity contribution in [1.29, 1.82) is 0 Å². The molecule has 9 heteroatoms. The number of hydrogen-bond donors (Lipinski definition) is 0. The minimum Gasteiger partial charge on any atom is -0.266 e. The van der Waals surface area contributed by atoms with Crippen LogP contribution >= 0.6 is 0 Å². The molecular weight excluding hydrogens is 801 g/mol. The fraction of sp³-hybridized carbons (Fsp3) is 0.161. The number of benzene rings is 8. The van der Waals surface area contributed by atoms with Gasteiger partial charge in [0.25, 0.3) is 0 Å². The molecule has 8 bridgehead atoms. The summed E-state index contributed by atoms with van der Waals surface area (Å²) in [4.78, 5) is 44.7. The van der Waals surface area contributed by atoms with E-state index >= 15 is 0 Å². The predicted molar refractivity (Wildman–Crippen MR) is 265 cm³/mol. The molecule has 0 saturated heterocycles. The third-order valence-electron chi connectivity index (χ3n) is 13.2. The molecule has 9 nitrogen and oxygen atoms in total. The Balaban J connectivity index is 1.08. The molecule has 0 saturated carbocycles. The fourth-order valence-corrected chi connectivity index (χ4v) is 9.84. The molecule has 1 atom stereocenters. The van der Waals surface area contributed by atoms with Crippen LogP contribution in [-0.4, -0.2) is 52.5 Å². The van der Waals surface area contributed by atoms with Crippen LogP contribution in [0.1, 0.15) is 96.1 Å². The van der Waals surface area contributed by atoms with Crippen molar-refractivity contribution in [2.45, 2.75) is 51.6 Å². The second-order valence-electron chi connectivity index (χ2n) is 17.4. The Morgan fingerprint density at radius 3 is 1.23 bits per heavy atom. The molecule has 0 amide bonds. The minimum atomic E-state index is -0.604. The van der Waals surface area contributed by atoms with E-state index in [1.165, 1.54) is 25.7 Å². The summed E-state index contributed by atoms with van der Waals surface area (Å²) in [5.74, 6) is 4.02. The van der Waals surface area contributed by atoms with Crippen LogP contribution < -0.4 is 0 Å². The number of amidine groups is 7. The molecule has 312 valence electrons. The lowest BCUT2D eigenvalue weighted by Gasteiger charge is -2.24. The van der Waals surface area contributed by atoms with Crippen LogP contribution in [0.5, 0.6) is 0 Å². The Bertz CT molecular complexity index is 3590. The molecule has 65 heavy (non-hydrogen) atoms. The fourth-order valence-electron chi connectivity index (χ4n) is 9.84. The molecule has 1 unspecified atom stereocenters. The Hall–Kier alpha value is -7.75. The van der Waals surface area contributed by atoms with Crippen molar-refractivity contribution in [2.75, 3.05) is 6.61 Å². The zero-order valence-electron chi connectivity index (χ0n) is 35.9. The molecule has 0 aromatic heterocycles. The average Bonchev–Trinajstić information content (AvgIpc) is 4.07. The van der Waals surface area contributed by atoms with E-state index in [0.29, 0.717) is 47.5 Å². The van der Waals surface area contributed by atoms with E-state index in [9.17, 15) is 0 Å². The highest BCUT2D eigenvalue weighted by Gasteiger charge is 2.37. The Labute approximate surface area is 375 Å². The first-order valence-electron chi connectivity index (χ1n) is 22.8. The van der Waals surface area contributed by atoms with Crippen LogP contribution in [0.25, 0.3) is 43.1 Å². The van der Waals surface area contributed by atoms with Gasteiger partial charge in [0.1, 0.15) is 0 Å². The predicted octanol–water partition coefficient (Wildman–Crippen LogP) is 12.3. The van der Waals surface area contributed by atoms with Gasteiger partial charge in [-0.3, -0.25) is 4.84 Å². The molecule has 0 radical (unpaired) electrons. The van der Waals surface area contributed by atoms with E-state index < -0.39 is 6.17 Å². The van der Waals surface area contributed by atoms with Gasteiger partial charge in [0.05, 0.1) is 6.61 Å². The molecular formula is C56H42N8O. The average molecular weight is 843 g/mol. The van der Waals surface area contributed by atoms with Gasteiger partial charge in [-0.2, -0.15) is 5.06 Å². The van der Waals surface area contributed by atoms with Gasteiger partial charge < -0.3 is 0 Å². The molecule has 8 aromatic rings. The van der Waals surface area contributed by atoms with Crippen LogP contribution in [0.15, 0.2) is 181 Å². The maximum Gasteiger partial charge on any atom is 0.170 e. The van der Waals surface area contributed by atoms with Crippen LogP contribution in [0.4, 0.5) is 0 Å². The lowest BCUT2D eigenvalue weighted by atomic mass is 9.99. The van der Waals surface area contributed by atoms with Crippen molar-refractivity contribution in [2.24, 2.45) is 34.9 Å². The third kappa shape index (κ3) is 6.37. The molecule has 0 spiro atoms. The number of aliphatic imine (C=N–C) groups is 7. The number of hydrogen-bond acceptors (Lipinski definition) is 9. The van der Waals surface area contributed by atoms with Gasteiger partial charge in [0.2, 0.25) is 0 Å². The summed E-state index contributed by atoms with van der Waals surface area (Å²) < 4.78 is 0. The molecule has 5 aliphatic heterocycles. The topological polar surface area (TPSA) is 99.0 Å². The smallest absolute Gasteiger partial charge is 0.170 e. The number of unbranched alkanes of at least 4 members (excludes halogenated alkanes) is 5. The van der Waals surface area contributed by atoms with Crippen LogP contribution in [0, 0.1) is 0 Å². The summed E-state index contributed by atoms with van der Waals surface area (Å²) in [7, 11) is 0. The maximum atomic E-state index is 7.01. The summed E-state index contributed by atoms with van der Waals surface area (Å²) in [5, 5.41) is 10.6. The molecule has 8 aromatic carbocycles. The first-order chi connectivity index (χ1) is 32.1. The molecule has 0 N–H and O–H groups in total. The highest BCUT2D eigenvalue weighted by atomic mass is 16.7. The van der Waals surface area contributed by atoms with Crippen LogP contribution in [0.2, 0.25) is 0 Å². The van der Waals surface area contributed by atoms with Gasteiger partial charge in [0, 0.05) is 44.5 Å². The van der Waals surface area contributed by atoms with Crippen LogP contribution in [-0.2, 0) is 4.84 Å². The largest absolute Gasteiger partial charge is 0.266 e. The minimum absolute atomic E-state index is 0.483. The second-order valence-corrected chi connectivity index (χ2v) is 17.4. The van der Waals surface area contributed by atoms with Gasteiger partial charge in [-0.15, -0.1) is 0 Å². The Kier molecular flexibility index (Phi) is 8.84. The SMILES string of the molecule is CCCCCCCCON1C2=NC(=NC3=NC(=NC4N=C(N=C5N=C1c1cc6ccccc6cc15)c1cc5ccccc5cc14)c1cc4ccccc4cc13)c1cc3ccccc3cc12. The van der Waals surface area contributed by atoms with E-state index in [1.807, 2.05) is 5.06 Å². The highest BCUT2D eigenvalue weighted by molar-refractivity contribution is 6.35. The monoisotopic (exact) mass is 842 g/mol. The normalized spacial score (nSPS) is 16.7. The van der Waals surface area contributed by atoms with Gasteiger partial charge in [-0.25, -0.2) is 34.9 Å². The molecule has 13 rings (SSSR count). The summed E-state index contributed by atoms with van der Waals surface area (Å²) in [5.41, 5.74) is 7.28. The van der Waals surface area contributed by atoms with E-state index in [1.54, 1.807) is 0 Å². The van der Waals surface area contributed by atoms with Gasteiger partial charge in [-0.1, -0.05) is 136 Å². The van der Waals surface area contributed by atoms with Gasteiger partial charge >= 0.3 is 0 Å². The summed E-state index contributed by atoms with van der Waals surface area (Å²) in [6.07, 6.45) is 6.20. The summed E-state index contributed by atoms with van der Waals surface area (Å²) >= 11 is 0. The third-order valence-corrected chi connectivity index (χ3v) is 13.2. The number of nitrogens with zero attached hydrogens (tertiary/aromatic N) is 8. The van der Waals surface area contributed by atoms with E-state index in [2.05, 4.69) is 153 Å². The molecule has 5 heterocycles. The van der Waals surface area contributed by atoms with Crippen molar-refractivity contribution in [1.82, 2.24) is 5.06 Å². The number of rotatable bonds is 8. The summed E-state index contributed by atoms with van der Waals surface area (Å²) in [6, 6.07) is 51.1. The standard InChI is InChI=1S/C56H42N8O/c1-2-3-4-5-6-15-24-65-64-55-47-31-39-22-13-11-20-37(39)29-45(47)53(62-55)60-51-43-27-35-18-9-7-16-33(35)25-41(43)49(58-51)57-50-42-26-34-17-8-10-19-36(34)28-44(42)52(59-50)61-54-46-30-38-21-12-14-23-40(38)32-48(46)56(64)63-54/h7-14,16-23,25-32,49H,2-6,15,24H2,1H3.